The van der Waals surface area contributed by atoms with E-state index in [1.54, 1.807) is 16.7 Å². The zero-order chi connectivity index (χ0) is 25.0. The van der Waals surface area contributed by atoms with Crippen molar-refractivity contribution in [2.75, 3.05) is 25.5 Å². The van der Waals surface area contributed by atoms with E-state index >= 15 is 0 Å². The Labute approximate surface area is 198 Å². The summed E-state index contributed by atoms with van der Waals surface area (Å²) in [5.74, 6) is 1.33. The highest BCUT2D eigenvalue weighted by atomic mass is 16.5. The molecule has 2 aromatic rings. The highest BCUT2D eigenvalue weighted by Gasteiger charge is 2.25. The van der Waals surface area contributed by atoms with Crippen LogP contribution in [-0.4, -0.2) is 46.7 Å². The van der Waals surface area contributed by atoms with Crippen LogP contribution in [0.15, 0.2) is 30.3 Å². The van der Waals surface area contributed by atoms with E-state index in [2.05, 4.69) is 26.1 Å². The van der Waals surface area contributed by atoms with Crippen LogP contribution in [-0.2, 0) is 15.0 Å². The van der Waals surface area contributed by atoms with Gasteiger partial charge in [-0.1, -0.05) is 55.4 Å². The van der Waals surface area contributed by atoms with Crippen LogP contribution in [0.1, 0.15) is 67.5 Å². The van der Waals surface area contributed by atoms with Crippen molar-refractivity contribution in [2.45, 2.75) is 67.2 Å². The molecule has 1 aromatic carbocycles. The van der Waals surface area contributed by atoms with E-state index in [0.29, 0.717) is 18.8 Å². The van der Waals surface area contributed by atoms with Gasteiger partial charge in [0.1, 0.15) is 11.6 Å². The maximum absolute atomic E-state index is 13.1. The molecule has 0 saturated carbocycles. The average Bonchev–Trinajstić information content (AvgIpc) is 3.10. The van der Waals surface area contributed by atoms with E-state index in [0.717, 1.165) is 17.1 Å². The second-order valence-corrected chi connectivity index (χ2v) is 11.2. The molecular formula is C26H40N4O3. The second kappa shape index (κ2) is 10.4. The van der Waals surface area contributed by atoms with Gasteiger partial charge >= 0.3 is 0 Å². The molecule has 7 nitrogen and oxygen atoms in total. The number of hydrogen-bond acceptors (Lipinski definition) is 4. The first kappa shape index (κ1) is 26.4. The van der Waals surface area contributed by atoms with E-state index in [9.17, 15) is 9.59 Å². The first-order valence-electron chi connectivity index (χ1n) is 11.5. The van der Waals surface area contributed by atoms with Crippen molar-refractivity contribution in [3.05, 3.63) is 36.0 Å². The van der Waals surface area contributed by atoms with Gasteiger partial charge in [-0.15, -0.1) is 0 Å². The topological polar surface area (TPSA) is 76.5 Å². The lowest BCUT2D eigenvalue weighted by atomic mass is 9.91. The molecule has 7 heteroatoms. The van der Waals surface area contributed by atoms with Crippen LogP contribution in [0.2, 0.25) is 0 Å². The van der Waals surface area contributed by atoms with Crippen molar-refractivity contribution in [1.29, 1.82) is 0 Å². The largest absolute Gasteiger partial charge is 0.497 e. The molecule has 0 spiro atoms. The van der Waals surface area contributed by atoms with Crippen LogP contribution in [0.25, 0.3) is 5.69 Å². The first-order valence-corrected chi connectivity index (χ1v) is 11.5. The smallest absolute Gasteiger partial charge is 0.245 e. The number of nitrogens with one attached hydrogen (secondary N) is 1. The number of ether oxygens (including phenoxy) is 1. The normalized spacial score (nSPS) is 12.1. The molecule has 2 rings (SSSR count). The predicted molar refractivity (Wildman–Crippen MR) is 133 cm³/mol. The quantitative estimate of drug-likeness (QED) is 0.604. The number of anilines is 1. The van der Waals surface area contributed by atoms with Crippen molar-refractivity contribution in [2.24, 2.45) is 11.3 Å². The standard InChI is InChI=1S/C26H40N4O3/c1-18(2)16-29(24(32)15-25(3,4)5)17-23(31)27-22-14-21(26(6,7)8)28-30(22)19-10-12-20(33-9)13-11-19/h10-14,18H,15-17H2,1-9H3,(H,27,31). The number of aromatic nitrogens is 2. The van der Waals surface area contributed by atoms with Crippen LogP contribution in [0.4, 0.5) is 5.82 Å². The minimum Gasteiger partial charge on any atom is -0.497 e. The van der Waals surface area contributed by atoms with Crippen LogP contribution >= 0.6 is 0 Å². The summed E-state index contributed by atoms with van der Waals surface area (Å²) in [5, 5.41) is 7.74. The van der Waals surface area contributed by atoms with Crippen molar-refractivity contribution < 1.29 is 14.3 Å². The fraction of sp³-hybridized carbons (Fsp3) is 0.577. The fourth-order valence-corrected chi connectivity index (χ4v) is 3.37. The molecule has 1 heterocycles. The molecule has 0 aliphatic carbocycles. The molecule has 0 aliphatic rings. The lowest BCUT2D eigenvalue weighted by molar-refractivity contribution is -0.136. The van der Waals surface area contributed by atoms with Crippen molar-refractivity contribution in [3.8, 4) is 11.4 Å². The number of hydrogen-bond donors (Lipinski definition) is 1. The summed E-state index contributed by atoms with van der Waals surface area (Å²) in [6.07, 6.45) is 0.394. The van der Waals surface area contributed by atoms with Gasteiger partial charge in [-0.2, -0.15) is 5.10 Å². The number of methoxy groups -OCH3 is 1. The molecule has 0 fully saturated rings. The predicted octanol–water partition coefficient (Wildman–Crippen LogP) is 5.04. The Balaban J connectivity index is 2.30. The zero-order valence-electron chi connectivity index (χ0n) is 21.7. The van der Waals surface area contributed by atoms with Gasteiger partial charge in [0.05, 0.1) is 25.0 Å². The Bertz CT molecular complexity index is 947. The monoisotopic (exact) mass is 456 g/mol. The second-order valence-electron chi connectivity index (χ2n) is 11.2. The number of benzene rings is 1. The number of rotatable bonds is 8. The Kier molecular flexibility index (Phi) is 8.33. The molecule has 0 aliphatic heterocycles. The maximum atomic E-state index is 13.1. The lowest BCUT2D eigenvalue weighted by Crippen LogP contribution is -2.41. The highest BCUT2D eigenvalue weighted by Crippen LogP contribution is 2.27. The number of carbonyl (C=O) groups is 2. The van der Waals surface area contributed by atoms with Crippen molar-refractivity contribution >= 4 is 17.6 Å². The minimum absolute atomic E-state index is 0.00569. The lowest BCUT2D eigenvalue weighted by Gasteiger charge is -2.27. The Hall–Kier alpha value is -2.83. The summed E-state index contributed by atoms with van der Waals surface area (Å²) >= 11 is 0. The van der Waals surface area contributed by atoms with Gasteiger partial charge in [-0.3, -0.25) is 9.59 Å². The Morgan fingerprint density at radius 3 is 2.18 bits per heavy atom. The van der Waals surface area contributed by atoms with Gasteiger partial charge in [0.2, 0.25) is 11.8 Å². The fourth-order valence-electron chi connectivity index (χ4n) is 3.37. The summed E-state index contributed by atoms with van der Waals surface area (Å²) in [6.45, 7) is 16.9. The van der Waals surface area contributed by atoms with E-state index < -0.39 is 0 Å². The van der Waals surface area contributed by atoms with Crippen LogP contribution in [0.5, 0.6) is 5.75 Å². The third-order valence-corrected chi connectivity index (χ3v) is 5.02. The van der Waals surface area contributed by atoms with E-state index in [1.165, 1.54) is 0 Å². The van der Waals surface area contributed by atoms with E-state index in [4.69, 9.17) is 9.84 Å². The summed E-state index contributed by atoms with van der Waals surface area (Å²) in [6, 6.07) is 9.40. The van der Waals surface area contributed by atoms with E-state index in [1.807, 2.05) is 65.0 Å². The van der Waals surface area contributed by atoms with Gasteiger partial charge in [0, 0.05) is 24.4 Å². The average molecular weight is 457 g/mol. The Morgan fingerprint density at radius 1 is 1.09 bits per heavy atom. The van der Waals surface area contributed by atoms with Crippen LogP contribution < -0.4 is 10.1 Å². The van der Waals surface area contributed by atoms with Crippen molar-refractivity contribution in [1.82, 2.24) is 14.7 Å². The molecule has 0 saturated heterocycles. The molecular weight excluding hydrogens is 416 g/mol. The number of nitrogens with zero attached hydrogens (tertiary/aromatic N) is 3. The number of amides is 2. The van der Waals surface area contributed by atoms with Gasteiger partial charge in [-0.05, 0) is 35.6 Å². The summed E-state index contributed by atoms with van der Waals surface area (Å²) < 4.78 is 6.98. The van der Waals surface area contributed by atoms with Crippen LogP contribution in [0.3, 0.4) is 0 Å². The van der Waals surface area contributed by atoms with E-state index in [-0.39, 0.29) is 35.1 Å². The van der Waals surface area contributed by atoms with Gasteiger partial charge in [0.15, 0.2) is 0 Å². The molecule has 0 bridgehead atoms. The molecule has 1 aromatic heterocycles. The summed E-state index contributed by atoms with van der Waals surface area (Å²) in [5.41, 5.74) is 1.34. The van der Waals surface area contributed by atoms with Gasteiger partial charge < -0.3 is 15.0 Å². The maximum Gasteiger partial charge on any atom is 0.245 e. The molecule has 2 amide bonds. The molecule has 182 valence electrons. The molecule has 0 atom stereocenters. The Morgan fingerprint density at radius 2 is 1.70 bits per heavy atom. The first-order chi connectivity index (χ1) is 15.2. The molecule has 0 radical (unpaired) electrons. The van der Waals surface area contributed by atoms with Crippen LogP contribution in [0, 0.1) is 11.3 Å². The molecule has 0 unspecified atom stereocenters. The number of carbonyl (C=O) groups excluding carboxylic acids is 2. The third kappa shape index (κ3) is 7.91. The summed E-state index contributed by atoms with van der Waals surface area (Å²) in [7, 11) is 1.62. The van der Waals surface area contributed by atoms with Gasteiger partial charge in [0.25, 0.3) is 0 Å². The SMILES string of the molecule is COc1ccc(-n2nc(C(C)(C)C)cc2NC(=O)CN(CC(C)C)C(=O)CC(C)(C)C)cc1. The molecule has 33 heavy (non-hydrogen) atoms. The minimum atomic E-state index is -0.243. The zero-order valence-corrected chi connectivity index (χ0v) is 21.7. The third-order valence-electron chi connectivity index (χ3n) is 5.02. The van der Waals surface area contributed by atoms with Crippen molar-refractivity contribution in [3.63, 3.8) is 0 Å². The summed E-state index contributed by atoms with van der Waals surface area (Å²) in [4.78, 5) is 27.6. The molecule has 1 N–H and O–H groups in total. The van der Waals surface area contributed by atoms with Gasteiger partial charge in [-0.25, -0.2) is 4.68 Å². The highest BCUT2D eigenvalue weighted by molar-refractivity contribution is 5.94.